The number of hydrogen-bond donors (Lipinski definition) is 2. The largest absolute Gasteiger partial charge is 0.347 e. The summed E-state index contributed by atoms with van der Waals surface area (Å²) >= 11 is 1.69. The molecule has 2 aromatic heterocycles. The Kier molecular flexibility index (Phi) is 4.26. The minimum Gasteiger partial charge on any atom is -0.347 e. The molecule has 1 aliphatic heterocycles. The maximum absolute atomic E-state index is 13.0. The third kappa shape index (κ3) is 3.17. The molecule has 128 valence electrons. The van der Waals surface area contributed by atoms with Crippen LogP contribution < -0.4 is 5.32 Å². The van der Waals surface area contributed by atoms with Crippen LogP contribution in [0.1, 0.15) is 59.9 Å². The normalized spacial score (nSPS) is 22.4. The van der Waals surface area contributed by atoms with E-state index in [-0.39, 0.29) is 18.1 Å². The number of amides is 2. The number of hydrogen-bond acceptors (Lipinski definition) is 4. The van der Waals surface area contributed by atoms with Gasteiger partial charge in [-0.25, -0.2) is 14.8 Å². The molecule has 1 aliphatic carbocycles. The molecule has 0 bridgehead atoms. The maximum Gasteiger partial charge on any atom is 0.318 e. The van der Waals surface area contributed by atoms with Crippen molar-refractivity contribution in [2.24, 2.45) is 5.92 Å². The van der Waals surface area contributed by atoms with E-state index in [2.05, 4.69) is 27.2 Å². The second kappa shape index (κ2) is 6.55. The number of carbonyl (C=O) groups is 1. The SMILES string of the molecule is Cc1cnc([C@H](NC(=O)N2CCCC[C@@H]2c2ncc[nH]2)C2CC2)s1. The lowest BCUT2D eigenvalue weighted by atomic mass is 10.0. The van der Waals surface area contributed by atoms with Crippen molar-refractivity contribution >= 4 is 17.4 Å². The van der Waals surface area contributed by atoms with E-state index in [1.165, 1.54) is 17.7 Å². The Hall–Kier alpha value is -1.89. The van der Waals surface area contributed by atoms with Gasteiger partial charge in [0.15, 0.2) is 0 Å². The van der Waals surface area contributed by atoms with E-state index in [9.17, 15) is 4.79 Å². The highest BCUT2D eigenvalue weighted by Gasteiger charge is 2.38. The second-order valence-corrected chi connectivity index (χ2v) is 8.02. The van der Waals surface area contributed by atoms with Gasteiger partial charge in [-0.05, 0) is 44.9 Å². The third-order valence-electron chi connectivity index (χ3n) is 4.88. The zero-order valence-corrected chi connectivity index (χ0v) is 14.7. The van der Waals surface area contributed by atoms with Crippen LogP contribution in [0.4, 0.5) is 4.79 Å². The standard InChI is InChI=1S/C17H23N5OS/c1-11-10-20-16(24-11)14(12-5-6-12)21-17(23)22-9-3-2-4-13(22)15-18-7-8-19-15/h7-8,10,12-14H,2-6,9H2,1H3,(H,18,19)(H,21,23)/t13-,14-/m1/s1. The van der Waals surface area contributed by atoms with Gasteiger partial charge >= 0.3 is 6.03 Å². The summed E-state index contributed by atoms with van der Waals surface area (Å²) in [4.78, 5) is 28.2. The van der Waals surface area contributed by atoms with E-state index in [4.69, 9.17) is 0 Å². The summed E-state index contributed by atoms with van der Waals surface area (Å²) in [6, 6.07) is 0.114. The number of piperidine rings is 1. The fourth-order valence-corrected chi connectivity index (χ4v) is 4.38. The Morgan fingerprint density at radius 3 is 2.92 bits per heavy atom. The molecule has 2 N–H and O–H groups in total. The molecule has 0 spiro atoms. The molecule has 4 rings (SSSR count). The molecule has 24 heavy (non-hydrogen) atoms. The number of rotatable bonds is 4. The van der Waals surface area contributed by atoms with Crippen molar-refractivity contribution in [2.45, 2.75) is 51.1 Å². The van der Waals surface area contributed by atoms with Crippen LogP contribution in [0.2, 0.25) is 0 Å². The number of imidazole rings is 1. The molecular weight excluding hydrogens is 322 g/mol. The summed E-state index contributed by atoms with van der Waals surface area (Å²) < 4.78 is 0. The van der Waals surface area contributed by atoms with Crippen LogP contribution >= 0.6 is 11.3 Å². The summed E-state index contributed by atoms with van der Waals surface area (Å²) in [5, 5.41) is 4.30. The molecule has 0 radical (unpaired) electrons. The molecule has 2 aromatic rings. The molecule has 2 aliphatic rings. The van der Waals surface area contributed by atoms with Gasteiger partial charge in [0.05, 0.1) is 12.1 Å². The zero-order chi connectivity index (χ0) is 16.5. The van der Waals surface area contributed by atoms with Gasteiger partial charge in [-0.15, -0.1) is 11.3 Å². The summed E-state index contributed by atoms with van der Waals surface area (Å²) in [5.41, 5.74) is 0. The van der Waals surface area contributed by atoms with E-state index in [1.54, 1.807) is 17.5 Å². The Morgan fingerprint density at radius 1 is 1.38 bits per heavy atom. The van der Waals surface area contributed by atoms with E-state index < -0.39 is 0 Å². The summed E-state index contributed by atoms with van der Waals surface area (Å²) in [7, 11) is 0. The van der Waals surface area contributed by atoms with Gasteiger partial charge in [-0.2, -0.15) is 0 Å². The van der Waals surface area contributed by atoms with E-state index in [0.29, 0.717) is 5.92 Å². The molecule has 2 atom stereocenters. The average Bonchev–Trinajstić information content (AvgIpc) is 3.10. The highest BCUT2D eigenvalue weighted by Crippen LogP contribution is 2.42. The van der Waals surface area contributed by atoms with Gasteiger partial charge in [0, 0.05) is 30.0 Å². The molecule has 6 nitrogen and oxygen atoms in total. The first kappa shape index (κ1) is 15.6. The third-order valence-corrected chi connectivity index (χ3v) is 5.87. The predicted octanol–water partition coefficient (Wildman–Crippen LogP) is 3.56. The molecular formula is C17H23N5OS. The summed E-state index contributed by atoms with van der Waals surface area (Å²) in [6.07, 6.45) is 11.0. The topological polar surface area (TPSA) is 73.9 Å². The summed E-state index contributed by atoms with van der Waals surface area (Å²) in [6.45, 7) is 2.84. The number of thiazole rings is 1. The molecule has 0 unspecified atom stereocenters. The quantitative estimate of drug-likeness (QED) is 0.890. The van der Waals surface area contributed by atoms with Gasteiger partial charge in [0.2, 0.25) is 0 Å². The average molecular weight is 345 g/mol. The lowest BCUT2D eigenvalue weighted by Crippen LogP contribution is -2.46. The molecule has 2 fully saturated rings. The van der Waals surface area contributed by atoms with Crippen molar-refractivity contribution in [1.82, 2.24) is 25.2 Å². The van der Waals surface area contributed by atoms with Crippen molar-refractivity contribution in [3.05, 3.63) is 34.3 Å². The fourth-order valence-electron chi connectivity index (χ4n) is 3.46. The number of aryl methyl sites for hydroxylation is 1. The summed E-state index contributed by atoms with van der Waals surface area (Å²) in [5.74, 6) is 1.42. The van der Waals surface area contributed by atoms with Crippen molar-refractivity contribution in [3.63, 3.8) is 0 Å². The number of likely N-dealkylation sites (tertiary alicyclic amines) is 1. The highest BCUT2D eigenvalue weighted by molar-refractivity contribution is 7.11. The van der Waals surface area contributed by atoms with Gasteiger partial charge in [0.1, 0.15) is 10.8 Å². The minimum absolute atomic E-state index is 0.0147. The van der Waals surface area contributed by atoms with Gasteiger partial charge in [-0.3, -0.25) is 0 Å². The van der Waals surface area contributed by atoms with Crippen molar-refractivity contribution in [3.8, 4) is 0 Å². The van der Waals surface area contributed by atoms with Crippen LogP contribution in [-0.4, -0.2) is 32.4 Å². The van der Waals surface area contributed by atoms with Gasteiger partial charge < -0.3 is 15.2 Å². The van der Waals surface area contributed by atoms with Crippen molar-refractivity contribution in [2.75, 3.05) is 6.54 Å². The number of aromatic amines is 1. The molecule has 3 heterocycles. The van der Waals surface area contributed by atoms with E-state index >= 15 is 0 Å². The molecule has 7 heteroatoms. The number of urea groups is 1. The number of nitrogens with one attached hydrogen (secondary N) is 2. The fraction of sp³-hybridized carbons (Fsp3) is 0.588. The van der Waals surface area contributed by atoms with Crippen molar-refractivity contribution in [1.29, 1.82) is 0 Å². The van der Waals surface area contributed by atoms with Crippen LogP contribution in [0, 0.1) is 12.8 Å². The van der Waals surface area contributed by atoms with Crippen LogP contribution in [0.3, 0.4) is 0 Å². The smallest absolute Gasteiger partial charge is 0.318 e. The Morgan fingerprint density at radius 2 is 2.25 bits per heavy atom. The van der Waals surface area contributed by atoms with E-state index in [1.807, 2.05) is 17.3 Å². The van der Waals surface area contributed by atoms with Crippen LogP contribution in [-0.2, 0) is 0 Å². The lowest BCUT2D eigenvalue weighted by Gasteiger charge is -2.35. The number of nitrogens with zero attached hydrogens (tertiary/aromatic N) is 3. The first-order valence-electron chi connectivity index (χ1n) is 8.71. The molecule has 2 amide bonds. The highest BCUT2D eigenvalue weighted by atomic mass is 32.1. The number of carbonyl (C=O) groups excluding carboxylic acids is 1. The molecule has 1 saturated heterocycles. The lowest BCUT2D eigenvalue weighted by molar-refractivity contribution is 0.143. The minimum atomic E-state index is 0.0147. The van der Waals surface area contributed by atoms with Crippen LogP contribution in [0.25, 0.3) is 0 Å². The molecule has 0 aromatic carbocycles. The Labute approximate surface area is 145 Å². The van der Waals surface area contributed by atoms with Crippen LogP contribution in [0.5, 0.6) is 0 Å². The Balaban J connectivity index is 1.51. The molecule has 1 saturated carbocycles. The van der Waals surface area contributed by atoms with Crippen molar-refractivity contribution < 1.29 is 4.79 Å². The van der Waals surface area contributed by atoms with Crippen LogP contribution in [0.15, 0.2) is 18.6 Å². The maximum atomic E-state index is 13.0. The first-order chi connectivity index (χ1) is 11.7. The zero-order valence-electron chi connectivity index (χ0n) is 13.9. The van der Waals surface area contributed by atoms with Gasteiger partial charge in [-0.1, -0.05) is 0 Å². The first-order valence-corrected chi connectivity index (χ1v) is 9.53. The second-order valence-electron chi connectivity index (χ2n) is 6.75. The monoisotopic (exact) mass is 345 g/mol. The number of aromatic nitrogens is 3. The Bertz CT molecular complexity index is 694. The number of H-pyrrole nitrogens is 1. The van der Waals surface area contributed by atoms with E-state index in [0.717, 1.165) is 36.6 Å². The van der Waals surface area contributed by atoms with Gasteiger partial charge in [0.25, 0.3) is 0 Å². The predicted molar refractivity (Wildman–Crippen MR) is 92.7 cm³/mol.